The third kappa shape index (κ3) is 3.42. The molecule has 2 aromatic rings. The molecular weight excluding hydrogens is 293 g/mol. The summed E-state index contributed by atoms with van der Waals surface area (Å²) in [5, 5.41) is 3.33. The van der Waals surface area contributed by atoms with E-state index in [0.29, 0.717) is 11.7 Å². The van der Waals surface area contributed by atoms with Crippen LogP contribution < -0.4 is 16.8 Å². The zero-order chi connectivity index (χ0) is 16.4. The third-order valence-corrected chi connectivity index (χ3v) is 4.62. The molecule has 0 spiro atoms. The van der Waals surface area contributed by atoms with E-state index in [1.54, 1.807) is 0 Å². The van der Waals surface area contributed by atoms with E-state index in [4.69, 9.17) is 11.5 Å². The molecule has 0 saturated heterocycles. The summed E-state index contributed by atoms with van der Waals surface area (Å²) >= 11 is 0. The van der Waals surface area contributed by atoms with Gasteiger partial charge in [0.15, 0.2) is 0 Å². The van der Waals surface area contributed by atoms with E-state index in [2.05, 4.69) is 15.3 Å². The molecule has 1 aromatic carbocycles. The number of halogens is 1. The van der Waals surface area contributed by atoms with Gasteiger partial charge in [-0.3, -0.25) is 0 Å². The highest BCUT2D eigenvalue weighted by Gasteiger charge is 2.25. The molecule has 0 aliphatic heterocycles. The molecule has 1 heterocycles. The summed E-state index contributed by atoms with van der Waals surface area (Å²) in [6.45, 7) is 0. The first-order valence-electron chi connectivity index (χ1n) is 7.90. The number of hydrogen-bond acceptors (Lipinski definition) is 5. The van der Waals surface area contributed by atoms with Crippen molar-refractivity contribution in [1.82, 2.24) is 15.3 Å². The fourth-order valence-corrected chi connectivity index (χ4v) is 3.38. The fraction of sp³-hybridized carbons (Fsp3) is 0.412. The number of aromatic nitrogens is 2. The lowest BCUT2D eigenvalue weighted by atomic mass is 9.82. The lowest BCUT2D eigenvalue weighted by Crippen LogP contribution is -2.25. The van der Waals surface area contributed by atoms with Crippen LogP contribution in [-0.4, -0.2) is 17.0 Å². The average molecular weight is 315 g/mol. The maximum absolute atomic E-state index is 13.1. The van der Waals surface area contributed by atoms with Crippen LogP contribution >= 0.6 is 0 Å². The summed E-state index contributed by atoms with van der Waals surface area (Å²) in [4.78, 5) is 8.40. The van der Waals surface area contributed by atoms with Gasteiger partial charge in [0.05, 0.1) is 5.69 Å². The van der Waals surface area contributed by atoms with Crippen LogP contribution in [0.4, 0.5) is 16.2 Å². The van der Waals surface area contributed by atoms with Gasteiger partial charge in [-0.25, -0.2) is 9.37 Å². The fourth-order valence-electron chi connectivity index (χ4n) is 3.38. The van der Waals surface area contributed by atoms with E-state index >= 15 is 0 Å². The van der Waals surface area contributed by atoms with Gasteiger partial charge in [-0.05, 0) is 56.3 Å². The van der Waals surface area contributed by atoms with Crippen LogP contribution in [0.15, 0.2) is 24.3 Å². The number of anilines is 2. The van der Waals surface area contributed by atoms with E-state index in [-0.39, 0.29) is 17.8 Å². The van der Waals surface area contributed by atoms with Gasteiger partial charge < -0.3 is 16.8 Å². The zero-order valence-electron chi connectivity index (χ0n) is 13.2. The van der Waals surface area contributed by atoms with Crippen LogP contribution in [0.25, 0.3) is 0 Å². The van der Waals surface area contributed by atoms with Crippen LogP contribution in [0.5, 0.6) is 0 Å². The largest absolute Gasteiger partial charge is 0.383 e. The molecule has 1 aromatic heterocycles. The summed E-state index contributed by atoms with van der Waals surface area (Å²) < 4.78 is 13.1. The first-order chi connectivity index (χ1) is 11.1. The standard InChI is InChI=1S/C17H22FN5/c1-21-14(11-3-5-12(18)6-4-11)8-10-2-7-13-15(9-10)22-17(20)23-16(13)19/h3-6,10,14,21H,2,7-9H2,1H3,(H4,19,20,22,23). The quantitative estimate of drug-likeness (QED) is 0.805. The van der Waals surface area contributed by atoms with Crippen molar-refractivity contribution < 1.29 is 4.39 Å². The predicted molar refractivity (Wildman–Crippen MR) is 89.2 cm³/mol. The molecule has 1 aliphatic carbocycles. The molecule has 2 atom stereocenters. The molecule has 5 nitrogen and oxygen atoms in total. The number of nitrogens with zero attached hydrogens (tertiary/aromatic N) is 2. The summed E-state index contributed by atoms with van der Waals surface area (Å²) in [6, 6.07) is 6.88. The SMILES string of the molecule is CNC(CC1CCc2c(N)nc(N)nc2C1)c1ccc(F)cc1. The molecule has 1 aliphatic rings. The second-order valence-electron chi connectivity index (χ2n) is 6.13. The number of rotatable bonds is 4. The van der Waals surface area contributed by atoms with Crippen molar-refractivity contribution in [3.63, 3.8) is 0 Å². The zero-order valence-corrected chi connectivity index (χ0v) is 13.2. The van der Waals surface area contributed by atoms with Crippen molar-refractivity contribution in [3.05, 3.63) is 46.9 Å². The molecule has 2 unspecified atom stereocenters. The summed E-state index contributed by atoms with van der Waals surface area (Å²) in [5.74, 6) is 1.02. The lowest BCUT2D eigenvalue weighted by molar-refractivity contribution is 0.364. The third-order valence-electron chi connectivity index (χ3n) is 4.62. The number of nitrogens with one attached hydrogen (secondary N) is 1. The minimum atomic E-state index is -0.210. The Labute approximate surface area is 135 Å². The van der Waals surface area contributed by atoms with Gasteiger partial charge in [-0.2, -0.15) is 4.98 Å². The number of hydrogen-bond donors (Lipinski definition) is 3. The summed E-state index contributed by atoms with van der Waals surface area (Å²) in [6.07, 6.45) is 3.74. The number of benzene rings is 1. The van der Waals surface area contributed by atoms with Crippen molar-refractivity contribution in [2.75, 3.05) is 18.5 Å². The Bertz CT molecular complexity index is 686. The Hall–Kier alpha value is -2.21. The Morgan fingerprint density at radius 2 is 2.00 bits per heavy atom. The highest BCUT2D eigenvalue weighted by molar-refractivity contribution is 5.47. The van der Waals surface area contributed by atoms with Crippen LogP contribution in [-0.2, 0) is 12.8 Å². The Kier molecular flexibility index (Phi) is 4.43. The van der Waals surface area contributed by atoms with Gasteiger partial charge in [0.1, 0.15) is 11.6 Å². The molecule has 0 saturated carbocycles. The molecule has 0 radical (unpaired) electrons. The lowest BCUT2D eigenvalue weighted by Gasteiger charge is -2.28. The van der Waals surface area contributed by atoms with Gasteiger partial charge >= 0.3 is 0 Å². The van der Waals surface area contributed by atoms with Crippen LogP contribution in [0.1, 0.15) is 35.7 Å². The topological polar surface area (TPSA) is 89.8 Å². The number of nitrogens with two attached hydrogens (primary N) is 2. The molecule has 122 valence electrons. The minimum absolute atomic E-state index is 0.193. The highest BCUT2D eigenvalue weighted by Crippen LogP contribution is 2.33. The second kappa shape index (κ2) is 6.50. The van der Waals surface area contributed by atoms with Crippen molar-refractivity contribution in [1.29, 1.82) is 0 Å². The van der Waals surface area contributed by atoms with E-state index in [9.17, 15) is 4.39 Å². The molecular formula is C17H22FN5. The molecule has 23 heavy (non-hydrogen) atoms. The van der Waals surface area contributed by atoms with Crippen LogP contribution in [0.3, 0.4) is 0 Å². The maximum Gasteiger partial charge on any atom is 0.222 e. The van der Waals surface area contributed by atoms with Gasteiger partial charge in [0.25, 0.3) is 0 Å². The first kappa shape index (κ1) is 15.7. The van der Waals surface area contributed by atoms with Crippen LogP contribution in [0, 0.1) is 11.7 Å². The number of fused-ring (bicyclic) bond motifs is 1. The van der Waals surface area contributed by atoms with Gasteiger partial charge in [0, 0.05) is 11.6 Å². The monoisotopic (exact) mass is 315 g/mol. The van der Waals surface area contributed by atoms with E-state index in [1.807, 2.05) is 19.2 Å². The normalized spacial score (nSPS) is 18.4. The molecule has 0 amide bonds. The average Bonchev–Trinajstić information content (AvgIpc) is 2.53. The maximum atomic E-state index is 13.1. The van der Waals surface area contributed by atoms with E-state index in [0.717, 1.165) is 42.5 Å². The van der Waals surface area contributed by atoms with Gasteiger partial charge in [-0.15, -0.1) is 0 Å². The van der Waals surface area contributed by atoms with Crippen molar-refractivity contribution in [2.24, 2.45) is 5.92 Å². The Morgan fingerprint density at radius 3 is 2.70 bits per heavy atom. The number of nitrogen functional groups attached to an aromatic ring is 2. The molecule has 0 fully saturated rings. The Balaban J connectivity index is 1.74. The predicted octanol–water partition coefficient (Wildman–Crippen LogP) is 2.24. The molecule has 6 heteroatoms. The first-order valence-corrected chi connectivity index (χ1v) is 7.90. The summed E-state index contributed by atoms with van der Waals surface area (Å²) in [7, 11) is 1.93. The smallest absolute Gasteiger partial charge is 0.222 e. The van der Waals surface area contributed by atoms with Crippen molar-refractivity contribution in [2.45, 2.75) is 31.7 Å². The van der Waals surface area contributed by atoms with Crippen molar-refractivity contribution >= 4 is 11.8 Å². The van der Waals surface area contributed by atoms with E-state index < -0.39 is 0 Å². The van der Waals surface area contributed by atoms with Gasteiger partial charge in [0.2, 0.25) is 5.95 Å². The molecule has 0 bridgehead atoms. The highest BCUT2D eigenvalue weighted by atomic mass is 19.1. The van der Waals surface area contributed by atoms with Gasteiger partial charge in [-0.1, -0.05) is 12.1 Å². The van der Waals surface area contributed by atoms with Crippen LogP contribution in [0.2, 0.25) is 0 Å². The molecule has 5 N–H and O–H groups in total. The second-order valence-corrected chi connectivity index (χ2v) is 6.13. The molecule has 3 rings (SSSR count). The summed E-state index contributed by atoms with van der Waals surface area (Å²) in [5.41, 5.74) is 14.8. The minimum Gasteiger partial charge on any atom is -0.383 e. The Morgan fingerprint density at radius 1 is 1.26 bits per heavy atom. The van der Waals surface area contributed by atoms with Crippen molar-refractivity contribution in [3.8, 4) is 0 Å². The van der Waals surface area contributed by atoms with E-state index in [1.165, 1.54) is 12.1 Å².